The van der Waals surface area contributed by atoms with Gasteiger partial charge in [0.05, 0.1) is 12.0 Å². The van der Waals surface area contributed by atoms with Crippen LogP contribution in [0.15, 0.2) is 48.8 Å². The second-order valence-electron chi connectivity index (χ2n) is 5.21. The van der Waals surface area contributed by atoms with Crippen molar-refractivity contribution in [3.63, 3.8) is 0 Å². The third-order valence-corrected chi connectivity index (χ3v) is 3.83. The lowest BCUT2D eigenvalue weighted by atomic mass is 9.97. The van der Waals surface area contributed by atoms with Gasteiger partial charge in [-0.3, -0.25) is 0 Å². The van der Waals surface area contributed by atoms with Crippen LogP contribution in [0.25, 0.3) is 22.0 Å². The van der Waals surface area contributed by atoms with Gasteiger partial charge < -0.3 is 4.98 Å². The van der Waals surface area contributed by atoms with E-state index in [9.17, 15) is 0 Å². The van der Waals surface area contributed by atoms with E-state index < -0.39 is 0 Å². The molecule has 0 aliphatic heterocycles. The van der Waals surface area contributed by atoms with E-state index in [1.165, 1.54) is 10.8 Å². The van der Waals surface area contributed by atoms with Crippen LogP contribution in [-0.2, 0) is 0 Å². The van der Waals surface area contributed by atoms with Crippen LogP contribution in [0.2, 0.25) is 0 Å². The molecule has 0 unspecified atom stereocenters. The molecule has 3 rings (SSSR count). The molecule has 3 heteroatoms. The van der Waals surface area contributed by atoms with E-state index in [4.69, 9.17) is 12.2 Å². The Balaban J connectivity index is 2.26. The van der Waals surface area contributed by atoms with Gasteiger partial charge in [-0.2, -0.15) is 0 Å². The first-order valence-electron chi connectivity index (χ1n) is 6.73. The number of rotatable bonds is 2. The highest BCUT2D eigenvalue weighted by atomic mass is 32.1. The van der Waals surface area contributed by atoms with Gasteiger partial charge >= 0.3 is 0 Å². The molecule has 0 aliphatic carbocycles. The molecule has 100 valence electrons. The number of fused-ring (bicyclic) bond motifs is 1. The summed E-state index contributed by atoms with van der Waals surface area (Å²) in [5.41, 5.74) is 3.34. The fourth-order valence-corrected chi connectivity index (χ4v) is 2.92. The lowest BCUT2D eigenvalue weighted by Crippen LogP contribution is -1.98. The van der Waals surface area contributed by atoms with Crippen LogP contribution in [0, 0.1) is 4.64 Å². The fourth-order valence-electron chi connectivity index (χ4n) is 2.53. The minimum atomic E-state index is 0.342. The maximum atomic E-state index is 5.38. The monoisotopic (exact) mass is 280 g/mol. The summed E-state index contributed by atoms with van der Waals surface area (Å²) < 4.78 is 0.682. The van der Waals surface area contributed by atoms with Crippen LogP contribution in [0.1, 0.15) is 25.3 Å². The summed E-state index contributed by atoms with van der Waals surface area (Å²) in [6.07, 6.45) is 1.68. The van der Waals surface area contributed by atoms with Gasteiger partial charge in [-0.05, 0) is 28.3 Å². The van der Waals surface area contributed by atoms with E-state index in [1.807, 2.05) is 0 Å². The first-order valence-corrected chi connectivity index (χ1v) is 7.14. The molecule has 0 spiro atoms. The van der Waals surface area contributed by atoms with Crippen LogP contribution in [-0.4, -0.2) is 9.97 Å². The van der Waals surface area contributed by atoms with Crippen LogP contribution >= 0.6 is 12.2 Å². The molecule has 1 N–H and O–H groups in total. The van der Waals surface area contributed by atoms with Crippen LogP contribution in [0.4, 0.5) is 0 Å². The largest absolute Gasteiger partial charge is 0.346 e. The van der Waals surface area contributed by atoms with Gasteiger partial charge in [0.25, 0.3) is 0 Å². The highest BCUT2D eigenvalue weighted by Crippen LogP contribution is 2.29. The smallest absolute Gasteiger partial charge is 0.133 e. The predicted molar refractivity (Wildman–Crippen MR) is 86.5 cm³/mol. The second kappa shape index (κ2) is 5.17. The molecule has 0 radical (unpaired) electrons. The van der Waals surface area contributed by atoms with Gasteiger partial charge in [0, 0.05) is 5.56 Å². The molecule has 0 saturated carbocycles. The van der Waals surface area contributed by atoms with Crippen LogP contribution in [0.3, 0.4) is 0 Å². The number of nitrogens with zero attached hydrogens (tertiary/aromatic N) is 1. The molecule has 0 amide bonds. The Hall–Kier alpha value is -2.00. The van der Waals surface area contributed by atoms with Crippen LogP contribution in [0.5, 0.6) is 0 Å². The van der Waals surface area contributed by atoms with Crippen molar-refractivity contribution in [1.82, 2.24) is 9.97 Å². The third kappa shape index (κ3) is 2.25. The van der Waals surface area contributed by atoms with Crippen molar-refractivity contribution in [2.75, 3.05) is 0 Å². The van der Waals surface area contributed by atoms with E-state index >= 15 is 0 Å². The first-order chi connectivity index (χ1) is 9.66. The maximum Gasteiger partial charge on any atom is 0.133 e. The lowest BCUT2D eigenvalue weighted by molar-refractivity contribution is 0.844. The van der Waals surface area contributed by atoms with Gasteiger partial charge in [-0.1, -0.05) is 62.5 Å². The number of aromatic nitrogens is 2. The molecule has 1 heterocycles. The normalized spacial score (nSPS) is 11.2. The Morgan fingerprint density at radius 2 is 1.80 bits per heavy atom. The summed E-state index contributed by atoms with van der Waals surface area (Å²) in [4.78, 5) is 7.47. The maximum absolute atomic E-state index is 5.38. The van der Waals surface area contributed by atoms with Crippen LogP contribution < -0.4 is 0 Å². The van der Waals surface area contributed by atoms with Crippen molar-refractivity contribution in [1.29, 1.82) is 0 Å². The Labute approximate surface area is 123 Å². The molecule has 20 heavy (non-hydrogen) atoms. The zero-order valence-corrected chi connectivity index (χ0v) is 12.4. The van der Waals surface area contributed by atoms with Gasteiger partial charge in [0.15, 0.2) is 0 Å². The molecule has 0 saturated heterocycles. The number of hydrogen-bond donors (Lipinski definition) is 1. The number of nitrogens with one attached hydrogen (secondary N) is 1. The lowest BCUT2D eigenvalue weighted by Gasteiger charge is -2.13. The fraction of sp³-hybridized carbons (Fsp3) is 0.176. The average molecular weight is 280 g/mol. The van der Waals surface area contributed by atoms with E-state index in [-0.39, 0.29) is 0 Å². The molecule has 2 nitrogen and oxygen atoms in total. The Morgan fingerprint density at radius 3 is 2.55 bits per heavy atom. The molecule has 0 aliphatic rings. The third-order valence-electron chi connectivity index (χ3n) is 3.51. The summed E-state index contributed by atoms with van der Waals surface area (Å²) in [6, 6.07) is 14.8. The molecule has 0 atom stereocenters. The van der Waals surface area contributed by atoms with Gasteiger partial charge in [0.2, 0.25) is 0 Å². The van der Waals surface area contributed by atoms with Crippen molar-refractivity contribution in [2.24, 2.45) is 0 Å². The van der Waals surface area contributed by atoms with Crippen molar-refractivity contribution in [3.8, 4) is 11.3 Å². The van der Waals surface area contributed by atoms with E-state index in [0.29, 0.717) is 10.6 Å². The van der Waals surface area contributed by atoms with E-state index in [1.54, 1.807) is 6.33 Å². The molecule has 2 aromatic carbocycles. The van der Waals surface area contributed by atoms with Gasteiger partial charge in [-0.15, -0.1) is 0 Å². The van der Waals surface area contributed by atoms with Crippen molar-refractivity contribution in [2.45, 2.75) is 19.8 Å². The first kappa shape index (κ1) is 13.0. The molecular formula is C17H16N2S. The van der Waals surface area contributed by atoms with Crippen molar-refractivity contribution >= 4 is 23.0 Å². The molecule has 1 aromatic heterocycles. The number of aromatic amines is 1. The Bertz CT molecular complexity index is 818. The Morgan fingerprint density at radius 1 is 1.05 bits per heavy atom. The Kier molecular flexibility index (Phi) is 3.36. The van der Waals surface area contributed by atoms with E-state index in [2.05, 4.69) is 66.3 Å². The zero-order valence-electron chi connectivity index (χ0n) is 11.6. The van der Waals surface area contributed by atoms with Crippen molar-refractivity contribution < 1.29 is 0 Å². The SMILES string of the molecule is CC(C)c1c(-c2ccc3ccccc3c2)[nH]cnc1=S. The van der Waals surface area contributed by atoms with E-state index in [0.717, 1.165) is 16.8 Å². The topological polar surface area (TPSA) is 28.7 Å². The highest BCUT2D eigenvalue weighted by Gasteiger charge is 2.11. The minimum Gasteiger partial charge on any atom is -0.346 e. The molecule has 0 fully saturated rings. The van der Waals surface area contributed by atoms with Gasteiger partial charge in [0.1, 0.15) is 4.64 Å². The molecule has 0 bridgehead atoms. The predicted octanol–water partition coefficient (Wildman–Crippen LogP) is 5.08. The number of hydrogen-bond acceptors (Lipinski definition) is 2. The zero-order chi connectivity index (χ0) is 14.1. The second-order valence-corrected chi connectivity index (χ2v) is 5.60. The standard InChI is InChI=1S/C17H16N2S/c1-11(2)15-16(18-10-19-17(15)20)14-8-7-12-5-3-4-6-13(12)9-14/h3-11H,1-2H3,(H,18,19,20). The summed E-state index contributed by atoms with van der Waals surface area (Å²) in [5, 5.41) is 2.48. The summed E-state index contributed by atoms with van der Waals surface area (Å²) >= 11 is 5.38. The summed E-state index contributed by atoms with van der Waals surface area (Å²) in [5.74, 6) is 0.342. The number of benzene rings is 2. The van der Waals surface area contributed by atoms with Crippen molar-refractivity contribution in [3.05, 3.63) is 59.0 Å². The number of H-pyrrole nitrogens is 1. The quantitative estimate of drug-likeness (QED) is 0.663. The van der Waals surface area contributed by atoms with Gasteiger partial charge in [-0.25, -0.2) is 4.98 Å². The molecular weight excluding hydrogens is 264 g/mol. The molecule has 3 aromatic rings. The highest BCUT2D eigenvalue weighted by molar-refractivity contribution is 7.71. The summed E-state index contributed by atoms with van der Waals surface area (Å²) in [6.45, 7) is 4.29. The summed E-state index contributed by atoms with van der Waals surface area (Å²) in [7, 11) is 0. The minimum absolute atomic E-state index is 0.342. The average Bonchev–Trinajstić information content (AvgIpc) is 2.46.